The quantitative estimate of drug-likeness (QED) is 0.781. The summed E-state index contributed by atoms with van der Waals surface area (Å²) in [6, 6.07) is -0.358. The average Bonchev–Trinajstić information content (AvgIpc) is 2.28. The highest BCUT2D eigenvalue weighted by Crippen LogP contribution is 2.15. The van der Waals surface area contributed by atoms with Crippen molar-refractivity contribution in [2.75, 3.05) is 19.7 Å². The second-order valence-corrected chi connectivity index (χ2v) is 4.75. The van der Waals surface area contributed by atoms with Crippen LogP contribution < -0.4 is 5.73 Å². The van der Waals surface area contributed by atoms with Crippen molar-refractivity contribution in [2.24, 2.45) is 11.7 Å². The van der Waals surface area contributed by atoms with Gasteiger partial charge in [0.15, 0.2) is 0 Å². The van der Waals surface area contributed by atoms with Gasteiger partial charge in [0.2, 0.25) is 5.91 Å². The first kappa shape index (κ1) is 13.5. The Bertz CT molecular complexity index is 223. The van der Waals surface area contributed by atoms with Crippen LogP contribution in [-0.2, 0) is 9.53 Å². The maximum Gasteiger partial charge on any atom is 0.239 e. The Morgan fingerprint density at radius 3 is 2.44 bits per heavy atom. The van der Waals surface area contributed by atoms with Crippen LogP contribution in [0.25, 0.3) is 0 Å². The van der Waals surface area contributed by atoms with Crippen LogP contribution >= 0.6 is 0 Å². The molecule has 0 unspecified atom stereocenters. The van der Waals surface area contributed by atoms with Crippen LogP contribution in [0.5, 0.6) is 0 Å². The van der Waals surface area contributed by atoms with Gasteiger partial charge in [0, 0.05) is 19.7 Å². The molecule has 1 aliphatic heterocycles. The Morgan fingerprint density at radius 2 is 2.00 bits per heavy atom. The van der Waals surface area contributed by atoms with E-state index in [2.05, 4.69) is 0 Å². The lowest BCUT2D eigenvalue weighted by Crippen LogP contribution is -2.50. The molecule has 16 heavy (non-hydrogen) atoms. The van der Waals surface area contributed by atoms with E-state index in [4.69, 9.17) is 10.5 Å². The van der Waals surface area contributed by atoms with E-state index in [0.717, 1.165) is 32.5 Å². The molecule has 0 aromatic rings. The van der Waals surface area contributed by atoms with E-state index >= 15 is 0 Å². The summed E-state index contributed by atoms with van der Waals surface area (Å²) >= 11 is 0. The van der Waals surface area contributed by atoms with Gasteiger partial charge >= 0.3 is 0 Å². The van der Waals surface area contributed by atoms with E-state index in [9.17, 15) is 4.79 Å². The van der Waals surface area contributed by atoms with Crippen LogP contribution in [0.2, 0.25) is 0 Å². The van der Waals surface area contributed by atoms with Crippen LogP contribution in [0, 0.1) is 5.92 Å². The number of hydrogen-bond acceptors (Lipinski definition) is 3. The molecule has 1 saturated heterocycles. The zero-order valence-corrected chi connectivity index (χ0v) is 10.6. The van der Waals surface area contributed by atoms with Gasteiger partial charge in [0.05, 0.1) is 12.1 Å². The zero-order valence-electron chi connectivity index (χ0n) is 10.6. The summed E-state index contributed by atoms with van der Waals surface area (Å²) in [5.74, 6) is 0.294. The van der Waals surface area contributed by atoms with Crippen LogP contribution in [-0.4, -0.2) is 42.6 Å². The summed E-state index contributed by atoms with van der Waals surface area (Å²) in [7, 11) is 0. The molecular formula is C12H24N2O2. The van der Waals surface area contributed by atoms with Crippen LogP contribution in [0.4, 0.5) is 0 Å². The molecule has 1 heterocycles. The molecule has 1 aliphatic rings. The maximum absolute atomic E-state index is 12.0. The van der Waals surface area contributed by atoms with Crippen molar-refractivity contribution in [3.63, 3.8) is 0 Å². The van der Waals surface area contributed by atoms with Crippen LogP contribution in [0.1, 0.15) is 33.6 Å². The van der Waals surface area contributed by atoms with E-state index in [1.54, 1.807) is 0 Å². The molecule has 94 valence electrons. The van der Waals surface area contributed by atoms with Crippen molar-refractivity contribution < 1.29 is 9.53 Å². The molecule has 1 amide bonds. The maximum atomic E-state index is 12.0. The minimum atomic E-state index is -0.358. The highest BCUT2D eigenvalue weighted by atomic mass is 16.5. The number of nitrogens with two attached hydrogens (primary N) is 1. The fraction of sp³-hybridized carbons (Fsp3) is 0.917. The van der Waals surface area contributed by atoms with Crippen LogP contribution in [0.15, 0.2) is 0 Å². The van der Waals surface area contributed by atoms with E-state index in [-0.39, 0.29) is 17.9 Å². The first-order valence-electron chi connectivity index (χ1n) is 6.22. The summed E-state index contributed by atoms with van der Waals surface area (Å²) in [5, 5.41) is 0. The van der Waals surface area contributed by atoms with E-state index in [0.29, 0.717) is 6.10 Å². The molecule has 0 bridgehead atoms. The van der Waals surface area contributed by atoms with Gasteiger partial charge in [-0.15, -0.1) is 0 Å². The lowest BCUT2D eigenvalue weighted by molar-refractivity contribution is -0.136. The first-order chi connectivity index (χ1) is 7.56. The van der Waals surface area contributed by atoms with E-state index in [1.165, 1.54) is 0 Å². The summed E-state index contributed by atoms with van der Waals surface area (Å²) in [5.41, 5.74) is 5.86. The Kier molecular flexibility index (Phi) is 5.22. The Hall–Kier alpha value is -0.610. The van der Waals surface area contributed by atoms with Gasteiger partial charge in [0.1, 0.15) is 0 Å². The smallest absolute Gasteiger partial charge is 0.239 e. The molecule has 0 radical (unpaired) electrons. The third-order valence-electron chi connectivity index (χ3n) is 3.16. The normalized spacial score (nSPS) is 20.2. The number of nitrogens with zero attached hydrogens (tertiary/aromatic N) is 1. The fourth-order valence-electron chi connectivity index (χ4n) is 1.97. The third kappa shape index (κ3) is 3.46. The molecule has 0 aromatic heterocycles. The number of piperidine rings is 1. The highest BCUT2D eigenvalue weighted by molar-refractivity contribution is 5.82. The number of rotatable bonds is 4. The largest absolute Gasteiger partial charge is 0.378 e. The summed E-state index contributed by atoms with van der Waals surface area (Å²) < 4.78 is 5.55. The first-order valence-corrected chi connectivity index (χ1v) is 6.22. The zero-order chi connectivity index (χ0) is 12.1. The Labute approximate surface area is 98.1 Å². The predicted octanol–water partition coefficient (Wildman–Crippen LogP) is 0.997. The van der Waals surface area contributed by atoms with Gasteiger partial charge in [-0.1, -0.05) is 13.8 Å². The molecule has 1 atom stereocenters. The van der Waals surface area contributed by atoms with Gasteiger partial charge < -0.3 is 15.4 Å². The molecule has 0 spiro atoms. The monoisotopic (exact) mass is 228 g/mol. The second-order valence-electron chi connectivity index (χ2n) is 4.75. The molecule has 0 aromatic carbocycles. The standard InChI is InChI=1S/C12H24N2O2/c1-4-16-10-5-7-14(8-6-10)12(15)11(13)9(2)3/h9-11H,4-8,13H2,1-3H3/t11-/m1/s1. The van der Waals surface area contributed by atoms with Crippen molar-refractivity contribution in [1.29, 1.82) is 0 Å². The molecule has 4 heteroatoms. The number of ether oxygens (including phenoxy) is 1. The molecule has 1 rings (SSSR count). The topological polar surface area (TPSA) is 55.6 Å². The van der Waals surface area contributed by atoms with Gasteiger partial charge in [-0.05, 0) is 25.7 Å². The second kappa shape index (κ2) is 6.21. The van der Waals surface area contributed by atoms with Crippen molar-refractivity contribution in [3.05, 3.63) is 0 Å². The fourth-order valence-corrected chi connectivity index (χ4v) is 1.97. The molecule has 1 fully saturated rings. The van der Waals surface area contributed by atoms with Gasteiger partial charge in [-0.2, -0.15) is 0 Å². The molecule has 4 nitrogen and oxygen atoms in total. The number of likely N-dealkylation sites (tertiary alicyclic amines) is 1. The lowest BCUT2D eigenvalue weighted by Gasteiger charge is -2.34. The van der Waals surface area contributed by atoms with E-state index < -0.39 is 0 Å². The summed E-state index contributed by atoms with van der Waals surface area (Å²) in [6.07, 6.45) is 2.19. The number of amides is 1. The predicted molar refractivity (Wildman–Crippen MR) is 64.0 cm³/mol. The third-order valence-corrected chi connectivity index (χ3v) is 3.16. The van der Waals surface area contributed by atoms with Gasteiger partial charge in [-0.3, -0.25) is 4.79 Å². The van der Waals surface area contributed by atoms with Crippen LogP contribution in [0.3, 0.4) is 0 Å². The molecule has 0 aliphatic carbocycles. The van der Waals surface area contributed by atoms with Crippen molar-refractivity contribution in [2.45, 2.75) is 45.8 Å². The Balaban J connectivity index is 2.38. The minimum absolute atomic E-state index is 0.0879. The Morgan fingerprint density at radius 1 is 1.44 bits per heavy atom. The SMILES string of the molecule is CCOC1CCN(C(=O)[C@H](N)C(C)C)CC1. The summed E-state index contributed by atoms with van der Waals surface area (Å²) in [6.45, 7) is 8.29. The average molecular weight is 228 g/mol. The van der Waals surface area contributed by atoms with Crippen molar-refractivity contribution in [1.82, 2.24) is 4.90 Å². The number of hydrogen-bond donors (Lipinski definition) is 1. The highest BCUT2D eigenvalue weighted by Gasteiger charge is 2.27. The lowest BCUT2D eigenvalue weighted by atomic mass is 10.0. The van der Waals surface area contributed by atoms with E-state index in [1.807, 2.05) is 25.7 Å². The minimum Gasteiger partial charge on any atom is -0.378 e. The number of carbonyl (C=O) groups excluding carboxylic acids is 1. The van der Waals surface area contributed by atoms with Gasteiger partial charge in [-0.25, -0.2) is 0 Å². The van der Waals surface area contributed by atoms with Crippen molar-refractivity contribution >= 4 is 5.91 Å². The summed E-state index contributed by atoms with van der Waals surface area (Å²) in [4.78, 5) is 13.8. The molecule has 2 N–H and O–H groups in total. The number of carbonyl (C=O) groups is 1. The molecule has 0 saturated carbocycles. The van der Waals surface area contributed by atoms with Gasteiger partial charge in [0.25, 0.3) is 0 Å². The molecular weight excluding hydrogens is 204 g/mol. The van der Waals surface area contributed by atoms with Crippen molar-refractivity contribution in [3.8, 4) is 0 Å².